The average molecular weight is 246 g/mol. The smallest absolute Gasteiger partial charge is 0.218 e. The number of hydrogen-bond donors (Lipinski definition) is 1. The Morgan fingerprint density at radius 3 is 2.18 bits per heavy atom. The molecular weight excluding hydrogens is 235 g/mol. The minimum Gasteiger partial charge on any atom is -0.343 e. The Morgan fingerprint density at radius 2 is 1.53 bits per heavy atom. The molecule has 0 bridgehead atoms. The summed E-state index contributed by atoms with van der Waals surface area (Å²) < 4.78 is 11.2. The number of benzene rings is 2. The lowest BCUT2D eigenvalue weighted by Gasteiger charge is -2.05. The molecule has 0 saturated heterocycles. The standard InChI is InChI=1S/C13H11O3P/c14-13(10-6-2-1-3-7-10)11-8-4-5-9-12(11)17(15)16/h1-9,17H,(H,15,16). The van der Waals surface area contributed by atoms with Crippen molar-refractivity contribution in [2.75, 3.05) is 0 Å². The van der Waals surface area contributed by atoms with Gasteiger partial charge in [-0.15, -0.1) is 0 Å². The lowest BCUT2D eigenvalue weighted by atomic mass is 10.0. The largest absolute Gasteiger partial charge is 0.343 e. The van der Waals surface area contributed by atoms with Gasteiger partial charge in [0, 0.05) is 16.4 Å². The molecule has 0 spiro atoms. The van der Waals surface area contributed by atoms with Gasteiger partial charge in [0.15, 0.2) is 5.78 Å². The highest BCUT2D eigenvalue weighted by molar-refractivity contribution is 7.47. The van der Waals surface area contributed by atoms with Crippen LogP contribution in [0.5, 0.6) is 0 Å². The summed E-state index contributed by atoms with van der Waals surface area (Å²) in [5, 5.41) is 0.214. The maximum Gasteiger partial charge on any atom is 0.218 e. The van der Waals surface area contributed by atoms with Gasteiger partial charge in [-0.3, -0.25) is 9.36 Å². The highest BCUT2D eigenvalue weighted by atomic mass is 31.1. The number of ketones is 1. The van der Waals surface area contributed by atoms with Crippen molar-refractivity contribution in [3.63, 3.8) is 0 Å². The number of hydrogen-bond acceptors (Lipinski definition) is 2. The van der Waals surface area contributed by atoms with E-state index in [9.17, 15) is 14.3 Å². The highest BCUT2D eigenvalue weighted by Gasteiger charge is 2.15. The summed E-state index contributed by atoms with van der Waals surface area (Å²) in [5.74, 6) is -0.228. The monoisotopic (exact) mass is 246 g/mol. The molecule has 1 N–H and O–H groups in total. The fourth-order valence-electron chi connectivity index (χ4n) is 1.61. The maximum atomic E-state index is 12.1. The van der Waals surface area contributed by atoms with Crippen molar-refractivity contribution in [3.05, 3.63) is 65.7 Å². The van der Waals surface area contributed by atoms with Crippen LogP contribution in [-0.4, -0.2) is 10.7 Å². The lowest BCUT2D eigenvalue weighted by molar-refractivity contribution is 0.103. The molecule has 17 heavy (non-hydrogen) atoms. The third kappa shape index (κ3) is 2.52. The van der Waals surface area contributed by atoms with Crippen LogP contribution in [0.3, 0.4) is 0 Å². The third-order valence-electron chi connectivity index (χ3n) is 2.44. The van der Waals surface area contributed by atoms with E-state index >= 15 is 0 Å². The van der Waals surface area contributed by atoms with Crippen LogP contribution in [0.4, 0.5) is 0 Å². The van der Waals surface area contributed by atoms with Crippen molar-refractivity contribution in [3.8, 4) is 0 Å². The zero-order valence-electron chi connectivity index (χ0n) is 8.96. The van der Waals surface area contributed by atoms with E-state index in [0.29, 0.717) is 11.1 Å². The molecule has 0 saturated carbocycles. The van der Waals surface area contributed by atoms with E-state index in [-0.39, 0.29) is 11.1 Å². The molecule has 0 aliphatic carbocycles. The molecule has 0 heterocycles. The molecule has 0 radical (unpaired) electrons. The normalized spacial score (nSPS) is 12.1. The molecular formula is C13H11O3P. The van der Waals surface area contributed by atoms with Gasteiger partial charge < -0.3 is 4.89 Å². The van der Waals surface area contributed by atoms with E-state index in [1.807, 2.05) is 6.07 Å². The first kappa shape index (κ1) is 11.8. The molecule has 0 fully saturated rings. The second-order valence-corrected chi connectivity index (χ2v) is 4.69. The van der Waals surface area contributed by atoms with E-state index in [2.05, 4.69) is 0 Å². The average Bonchev–Trinajstić information content (AvgIpc) is 2.39. The van der Waals surface area contributed by atoms with Crippen LogP contribution in [0.15, 0.2) is 54.6 Å². The molecule has 0 amide bonds. The van der Waals surface area contributed by atoms with Gasteiger partial charge in [0.25, 0.3) is 0 Å². The molecule has 2 rings (SSSR count). The Morgan fingerprint density at radius 1 is 0.941 bits per heavy atom. The first-order valence-electron chi connectivity index (χ1n) is 5.12. The summed E-state index contributed by atoms with van der Waals surface area (Å²) in [6.45, 7) is 0. The fourth-order valence-corrected chi connectivity index (χ4v) is 2.28. The van der Waals surface area contributed by atoms with E-state index in [1.54, 1.807) is 42.5 Å². The Kier molecular flexibility index (Phi) is 3.52. The van der Waals surface area contributed by atoms with Crippen molar-refractivity contribution in [2.24, 2.45) is 0 Å². The quantitative estimate of drug-likeness (QED) is 0.665. The van der Waals surface area contributed by atoms with Crippen LogP contribution in [0, 0.1) is 0 Å². The maximum absolute atomic E-state index is 12.1. The molecule has 0 aliphatic heterocycles. The van der Waals surface area contributed by atoms with Crippen molar-refractivity contribution in [2.45, 2.75) is 0 Å². The van der Waals surface area contributed by atoms with Crippen LogP contribution in [0.1, 0.15) is 15.9 Å². The molecule has 1 atom stereocenters. The van der Waals surface area contributed by atoms with Crippen LogP contribution >= 0.6 is 8.03 Å². The first-order chi connectivity index (χ1) is 8.20. The predicted octanol–water partition coefficient (Wildman–Crippen LogP) is 2.01. The van der Waals surface area contributed by atoms with Gasteiger partial charge in [-0.2, -0.15) is 0 Å². The summed E-state index contributed by atoms with van der Waals surface area (Å²) >= 11 is 0. The SMILES string of the molecule is O=C(c1ccccc1)c1ccccc1[PH](=O)O. The van der Waals surface area contributed by atoms with Crippen molar-refractivity contribution in [1.82, 2.24) is 0 Å². The molecule has 3 nitrogen and oxygen atoms in total. The van der Waals surface area contributed by atoms with E-state index in [0.717, 1.165) is 0 Å². The van der Waals surface area contributed by atoms with Gasteiger partial charge in [-0.05, 0) is 6.07 Å². The van der Waals surface area contributed by atoms with Gasteiger partial charge in [-0.25, -0.2) is 0 Å². The lowest BCUT2D eigenvalue weighted by Crippen LogP contribution is -2.12. The zero-order valence-corrected chi connectivity index (χ0v) is 9.96. The number of carbonyl (C=O) groups is 1. The van der Waals surface area contributed by atoms with Crippen LogP contribution in [0.25, 0.3) is 0 Å². The van der Waals surface area contributed by atoms with Crippen LogP contribution in [0.2, 0.25) is 0 Å². The minimum absolute atomic E-state index is 0.214. The topological polar surface area (TPSA) is 54.4 Å². The summed E-state index contributed by atoms with van der Waals surface area (Å²) in [4.78, 5) is 21.3. The molecule has 2 aromatic rings. The van der Waals surface area contributed by atoms with Gasteiger partial charge in [0.2, 0.25) is 8.03 Å². The predicted molar refractivity (Wildman–Crippen MR) is 67.2 cm³/mol. The van der Waals surface area contributed by atoms with E-state index < -0.39 is 8.03 Å². The third-order valence-corrected chi connectivity index (χ3v) is 3.33. The van der Waals surface area contributed by atoms with Crippen molar-refractivity contribution in [1.29, 1.82) is 0 Å². The second-order valence-electron chi connectivity index (χ2n) is 3.55. The van der Waals surface area contributed by atoms with Crippen LogP contribution < -0.4 is 5.30 Å². The highest BCUT2D eigenvalue weighted by Crippen LogP contribution is 2.18. The van der Waals surface area contributed by atoms with Crippen LogP contribution in [-0.2, 0) is 4.57 Å². The molecule has 4 heteroatoms. The Hall–Kier alpha value is -1.70. The number of rotatable bonds is 3. The molecule has 1 unspecified atom stereocenters. The van der Waals surface area contributed by atoms with Gasteiger partial charge in [0.1, 0.15) is 0 Å². The molecule has 0 aliphatic rings. The minimum atomic E-state index is -2.86. The Balaban J connectivity index is 2.48. The summed E-state index contributed by atoms with van der Waals surface area (Å²) in [6, 6.07) is 15.1. The summed E-state index contributed by atoms with van der Waals surface area (Å²) in [5.41, 5.74) is 0.813. The van der Waals surface area contributed by atoms with Gasteiger partial charge in [0.05, 0.1) is 0 Å². The van der Waals surface area contributed by atoms with E-state index in [4.69, 9.17) is 0 Å². The van der Waals surface area contributed by atoms with Gasteiger partial charge >= 0.3 is 0 Å². The van der Waals surface area contributed by atoms with E-state index in [1.165, 1.54) is 6.07 Å². The summed E-state index contributed by atoms with van der Waals surface area (Å²) in [7, 11) is -2.86. The van der Waals surface area contributed by atoms with Crippen molar-refractivity contribution >= 4 is 19.1 Å². The fraction of sp³-hybridized carbons (Fsp3) is 0. The van der Waals surface area contributed by atoms with Crippen molar-refractivity contribution < 1.29 is 14.3 Å². The Bertz CT molecular complexity index is 564. The second kappa shape index (κ2) is 5.09. The zero-order chi connectivity index (χ0) is 12.3. The summed E-state index contributed by atoms with van der Waals surface area (Å²) in [6.07, 6.45) is 0. The molecule has 86 valence electrons. The van der Waals surface area contributed by atoms with Gasteiger partial charge in [-0.1, -0.05) is 48.5 Å². The Labute approximate surface area is 99.6 Å². The number of carbonyl (C=O) groups excluding carboxylic acids is 1. The molecule has 0 aromatic heterocycles. The first-order valence-corrected chi connectivity index (χ1v) is 6.48. The molecule has 2 aromatic carbocycles.